The zero-order chi connectivity index (χ0) is 13.4. The Balaban J connectivity index is 1.79. The lowest BCUT2D eigenvalue weighted by Gasteiger charge is -2.02. The Labute approximate surface area is 116 Å². The van der Waals surface area contributed by atoms with Gasteiger partial charge in [0, 0.05) is 11.6 Å². The van der Waals surface area contributed by atoms with E-state index >= 15 is 0 Å². The summed E-state index contributed by atoms with van der Waals surface area (Å²) >= 11 is 0. The van der Waals surface area contributed by atoms with Crippen molar-refractivity contribution in [3.8, 4) is 11.5 Å². The van der Waals surface area contributed by atoms with Gasteiger partial charge in [-0.25, -0.2) is 0 Å². The number of fused-ring (bicyclic) bond motifs is 1. The number of aromatic nitrogens is 3. The molecule has 1 unspecified atom stereocenters. The summed E-state index contributed by atoms with van der Waals surface area (Å²) in [6, 6.07) is 10.3. The molecule has 5 heteroatoms. The maximum Gasteiger partial charge on any atom is 0.244 e. The molecule has 1 N–H and O–H groups in total. The quantitative estimate of drug-likeness (QED) is 0.772. The number of nitrogens with zero attached hydrogens (tertiary/aromatic N) is 3. The van der Waals surface area contributed by atoms with Crippen molar-refractivity contribution in [3.63, 3.8) is 0 Å². The average Bonchev–Trinajstić information content (AvgIpc) is 3.17. The zero-order valence-corrected chi connectivity index (χ0v) is 10.9. The van der Waals surface area contributed by atoms with Gasteiger partial charge in [-0.05, 0) is 30.8 Å². The first-order valence-electron chi connectivity index (χ1n) is 6.83. The second-order valence-corrected chi connectivity index (χ2v) is 4.99. The van der Waals surface area contributed by atoms with Crippen LogP contribution in [-0.4, -0.2) is 21.7 Å². The fourth-order valence-corrected chi connectivity index (χ4v) is 2.67. The Bertz CT molecular complexity index is 741. The van der Waals surface area contributed by atoms with Crippen molar-refractivity contribution in [2.45, 2.75) is 18.9 Å². The standard InChI is InChI=1S/C15H14N4O/c1-2-5-11-10(4-1)7-9-17-13(11)14-18-15(20-19-14)12-6-3-8-16-12/h1-2,4-5,7,9,12,16H,3,6,8H2. The van der Waals surface area contributed by atoms with Crippen molar-refractivity contribution in [2.75, 3.05) is 6.54 Å². The molecule has 1 aliphatic heterocycles. The molecule has 0 bridgehead atoms. The van der Waals surface area contributed by atoms with Crippen molar-refractivity contribution < 1.29 is 4.52 Å². The largest absolute Gasteiger partial charge is 0.337 e. The van der Waals surface area contributed by atoms with E-state index in [0.29, 0.717) is 11.7 Å². The third-order valence-corrected chi connectivity index (χ3v) is 3.69. The fraction of sp³-hybridized carbons (Fsp3) is 0.267. The summed E-state index contributed by atoms with van der Waals surface area (Å²) in [6.45, 7) is 1.01. The molecule has 0 radical (unpaired) electrons. The van der Waals surface area contributed by atoms with E-state index in [1.54, 1.807) is 6.20 Å². The van der Waals surface area contributed by atoms with Crippen molar-refractivity contribution >= 4 is 10.8 Å². The molecule has 2 aromatic heterocycles. The van der Waals surface area contributed by atoms with Gasteiger partial charge in [-0.1, -0.05) is 29.4 Å². The van der Waals surface area contributed by atoms with E-state index in [1.165, 1.54) is 0 Å². The normalized spacial score (nSPS) is 18.7. The van der Waals surface area contributed by atoms with E-state index in [9.17, 15) is 0 Å². The molecule has 0 spiro atoms. The predicted molar refractivity (Wildman–Crippen MR) is 75.0 cm³/mol. The van der Waals surface area contributed by atoms with Crippen LogP contribution in [0.1, 0.15) is 24.8 Å². The van der Waals surface area contributed by atoms with Crippen LogP contribution in [0.5, 0.6) is 0 Å². The Morgan fingerprint density at radius 3 is 3.05 bits per heavy atom. The molecule has 0 amide bonds. The molecule has 1 fully saturated rings. The highest BCUT2D eigenvalue weighted by Gasteiger charge is 2.23. The molecular formula is C15H14N4O. The molecule has 0 aliphatic carbocycles. The average molecular weight is 266 g/mol. The van der Waals surface area contributed by atoms with Crippen LogP contribution in [0, 0.1) is 0 Å². The number of nitrogens with one attached hydrogen (secondary N) is 1. The lowest BCUT2D eigenvalue weighted by Crippen LogP contribution is -2.12. The highest BCUT2D eigenvalue weighted by molar-refractivity contribution is 5.92. The summed E-state index contributed by atoms with van der Waals surface area (Å²) in [6.07, 6.45) is 3.97. The highest BCUT2D eigenvalue weighted by atomic mass is 16.5. The molecule has 1 aliphatic rings. The van der Waals surface area contributed by atoms with Gasteiger partial charge in [-0.15, -0.1) is 0 Å². The molecule has 20 heavy (non-hydrogen) atoms. The van der Waals surface area contributed by atoms with Crippen LogP contribution in [0.2, 0.25) is 0 Å². The first-order valence-corrected chi connectivity index (χ1v) is 6.83. The Hall–Kier alpha value is -2.27. The SMILES string of the molecule is c1ccc2c(-c3noc(C4CCCN4)n3)nccc2c1. The first-order chi connectivity index (χ1) is 9.92. The van der Waals surface area contributed by atoms with E-state index < -0.39 is 0 Å². The van der Waals surface area contributed by atoms with Gasteiger partial charge in [0.15, 0.2) is 0 Å². The van der Waals surface area contributed by atoms with E-state index in [4.69, 9.17) is 4.52 Å². The maximum atomic E-state index is 5.39. The fourth-order valence-electron chi connectivity index (χ4n) is 2.67. The lowest BCUT2D eigenvalue weighted by atomic mass is 10.1. The number of rotatable bonds is 2. The molecule has 1 saturated heterocycles. The topological polar surface area (TPSA) is 63.8 Å². The van der Waals surface area contributed by atoms with Crippen molar-refractivity contribution in [1.82, 2.24) is 20.4 Å². The summed E-state index contributed by atoms with van der Waals surface area (Å²) < 4.78 is 5.39. The maximum absolute atomic E-state index is 5.39. The minimum Gasteiger partial charge on any atom is -0.337 e. The second kappa shape index (κ2) is 4.68. The van der Waals surface area contributed by atoms with Gasteiger partial charge < -0.3 is 9.84 Å². The van der Waals surface area contributed by atoms with E-state index in [0.717, 1.165) is 35.9 Å². The van der Waals surface area contributed by atoms with Crippen LogP contribution in [0.4, 0.5) is 0 Å². The summed E-state index contributed by atoms with van der Waals surface area (Å²) in [5.41, 5.74) is 0.774. The second-order valence-electron chi connectivity index (χ2n) is 4.99. The monoisotopic (exact) mass is 266 g/mol. The third kappa shape index (κ3) is 1.87. The number of hydrogen-bond acceptors (Lipinski definition) is 5. The number of pyridine rings is 1. The van der Waals surface area contributed by atoms with Crippen LogP contribution in [-0.2, 0) is 0 Å². The molecule has 5 nitrogen and oxygen atoms in total. The van der Waals surface area contributed by atoms with Crippen molar-refractivity contribution in [2.24, 2.45) is 0 Å². The van der Waals surface area contributed by atoms with Gasteiger partial charge in [0.1, 0.15) is 5.69 Å². The van der Waals surface area contributed by atoms with Gasteiger partial charge in [-0.3, -0.25) is 4.98 Å². The van der Waals surface area contributed by atoms with Gasteiger partial charge in [0.2, 0.25) is 11.7 Å². The number of hydrogen-bond donors (Lipinski definition) is 1. The highest BCUT2D eigenvalue weighted by Crippen LogP contribution is 2.27. The number of benzene rings is 1. The Morgan fingerprint density at radius 2 is 2.15 bits per heavy atom. The van der Waals surface area contributed by atoms with E-state index in [-0.39, 0.29) is 6.04 Å². The van der Waals surface area contributed by atoms with Gasteiger partial charge in [0.25, 0.3) is 0 Å². The van der Waals surface area contributed by atoms with Crippen molar-refractivity contribution in [3.05, 3.63) is 42.4 Å². The molecule has 1 atom stereocenters. The summed E-state index contributed by atoms with van der Waals surface area (Å²) in [5.74, 6) is 1.22. The molecular weight excluding hydrogens is 252 g/mol. The summed E-state index contributed by atoms with van der Waals surface area (Å²) in [4.78, 5) is 8.92. The molecule has 3 aromatic rings. The van der Waals surface area contributed by atoms with E-state index in [2.05, 4.69) is 26.5 Å². The molecule has 4 rings (SSSR count). The Morgan fingerprint density at radius 1 is 1.20 bits per heavy atom. The van der Waals surface area contributed by atoms with Crippen LogP contribution in [0.3, 0.4) is 0 Å². The molecule has 100 valence electrons. The molecule has 0 saturated carbocycles. The molecule has 3 heterocycles. The van der Waals surface area contributed by atoms with Crippen LogP contribution in [0.25, 0.3) is 22.3 Å². The molecule has 1 aromatic carbocycles. The zero-order valence-electron chi connectivity index (χ0n) is 10.9. The van der Waals surface area contributed by atoms with Crippen LogP contribution >= 0.6 is 0 Å². The predicted octanol–water partition coefficient (Wildman–Crippen LogP) is 2.71. The third-order valence-electron chi connectivity index (χ3n) is 3.69. The summed E-state index contributed by atoms with van der Waals surface area (Å²) in [5, 5.41) is 9.62. The van der Waals surface area contributed by atoms with Crippen LogP contribution in [0.15, 0.2) is 41.1 Å². The van der Waals surface area contributed by atoms with Gasteiger partial charge in [-0.2, -0.15) is 4.98 Å². The Kier molecular flexibility index (Phi) is 2.70. The minimum absolute atomic E-state index is 0.186. The van der Waals surface area contributed by atoms with Gasteiger partial charge in [0.05, 0.1) is 6.04 Å². The van der Waals surface area contributed by atoms with Crippen molar-refractivity contribution in [1.29, 1.82) is 0 Å². The lowest BCUT2D eigenvalue weighted by molar-refractivity contribution is 0.345. The van der Waals surface area contributed by atoms with Gasteiger partial charge >= 0.3 is 0 Å². The minimum atomic E-state index is 0.186. The van der Waals surface area contributed by atoms with Crippen LogP contribution < -0.4 is 5.32 Å². The summed E-state index contributed by atoms with van der Waals surface area (Å²) in [7, 11) is 0. The van der Waals surface area contributed by atoms with E-state index in [1.807, 2.05) is 24.3 Å². The smallest absolute Gasteiger partial charge is 0.244 e. The first kappa shape index (κ1) is 11.5.